The van der Waals surface area contributed by atoms with Crippen molar-refractivity contribution in [2.45, 2.75) is 6.42 Å². The van der Waals surface area contributed by atoms with E-state index in [1.807, 2.05) is 6.07 Å². The number of hydrogen-bond acceptors (Lipinski definition) is 3. The zero-order valence-electron chi connectivity index (χ0n) is 10.9. The molecular weight excluding hydrogens is 258 g/mol. The van der Waals surface area contributed by atoms with Crippen LogP contribution in [0.1, 0.15) is 32.0 Å². The second kappa shape index (κ2) is 4.52. The lowest BCUT2D eigenvalue weighted by Gasteiger charge is -2.02. The summed E-state index contributed by atoms with van der Waals surface area (Å²) in [6.07, 6.45) is 2.33. The van der Waals surface area contributed by atoms with E-state index in [0.717, 1.165) is 17.7 Å². The minimum absolute atomic E-state index is 0.0952. The van der Waals surface area contributed by atoms with Crippen LogP contribution in [0.5, 0.6) is 5.75 Å². The summed E-state index contributed by atoms with van der Waals surface area (Å²) in [7, 11) is 1.61. The number of nitrogens with zero attached hydrogens (tertiary/aromatic N) is 1. The highest BCUT2D eigenvalue weighted by atomic mass is 16.5. The molecule has 1 aliphatic heterocycles. The number of ketones is 1. The van der Waals surface area contributed by atoms with E-state index in [-0.39, 0.29) is 11.5 Å². The van der Waals surface area contributed by atoms with Gasteiger partial charge in [0.05, 0.1) is 6.61 Å². The first-order valence-electron chi connectivity index (χ1n) is 6.26. The van der Waals surface area contributed by atoms with E-state index in [2.05, 4.69) is 0 Å². The van der Waals surface area contributed by atoms with Crippen molar-refractivity contribution in [2.24, 2.45) is 7.05 Å². The highest BCUT2D eigenvalue weighted by molar-refractivity contribution is 6.10. The third kappa shape index (κ3) is 1.97. The molecular formula is C15H13NO4. The summed E-state index contributed by atoms with van der Waals surface area (Å²) >= 11 is 0. The van der Waals surface area contributed by atoms with Crippen LogP contribution in [-0.2, 0) is 13.5 Å². The molecule has 0 aliphatic carbocycles. The van der Waals surface area contributed by atoms with E-state index in [1.165, 1.54) is 16.8 Å². The van der Waals surface area contributed by atoms with Crippen molar-refractivity contribution in [3.05, 3.63) is 52.8 Å². The van der Waals surface area contributed by atoms with E-state index in [4.69, 9.17) is 9.84 Å². The summed E-state index contributed by atoms with van der Waals surface area (Å²) in [5.74, 6) is -0.405. The summed E-state index contributed by atoms with van der Waals surface area (Å²) in [6.45, 7) is 0.640. The van der Waals surface area contributed by atoms with Crippen molar-refractivity contribution in [3.8, 4) is 5.75 Å². The monoisotopic (exact) mass is 271 g/mol. The quantitative estimate of drug-likeness (QED) is 0.865. The molecule has 2 aromatic rings. The minimum atomic E-state index is -1.05. The van der Waals surface area contributed by atoms with Crippen molar-refractivity contribution in [3.63, 3.8) is 0 Å². The number of aromatic carboxylic acids is 1. The van der Waals surface area contributed by atoms with Gasteiger partial charge in [0.2, 0.25) is 0 Å². The van der Waals surface area contributed by atoms with E-state index in [1.54, 1.807) is 19.2 Å². The van der Waals surface area contributed by atoms with Gasteiger partial charge in [-0.1, -0.05) is 0 Å². The molecule has 0 saturated carbocycles. The van der Waals surface area contributed by atoms with Gasteiger partial charge < -0.3 is 14.4 Å². The Kier molecular flexibility index (Phi) is 2.82. The molecule has 0 spiro atoms. The Labute approximate surface area is 115 Å². The number of carboxylic acids is 1. The van der Waals surface area contributed by atoms with E-state index in [9.17, 15) is 9.59 Å². The first-order valence-corrected chi connectivity index (χ1v) is 6.26. The lowest BCUT2D eigenvalue weighted by molar-refractivity contribution is 0.0686. The lowest BCUT2D eigenvalue weighted by atomic mass is 10.0. The maximum atomic E-state index is 12.4. The van der Waals surface area contributed by atoms with Gasteiger partial charge in [-0.15, -0.1) is 0 Å². The largest absolute Gasteiger partial charge is 0.493 e. The van der Waals surface area contributed by atoms with Gasteiger partial charge >= 0.3 is 5.97 Å². The molecule has 102 valence electrons. The van der Waals surface area contributed by atoms with Crippen LogP contribution in [0.3, 0.4) is 0 Å². The Morgan fingerprint density at radius 1 is 1.25 bits per heavy atom. The molecule has 0 amide bonds. The summed E-state index contributed by atoms with van der Waals surface area (Å²) < 4.78 is 6.84. The zero-order chi connectivity index (χ0) is 14.3. The van der Waals surface area contributed by atoms with Gasteiger partial charge in [0.15, 0.2) is 5.78 Å². The Morgan fingerprint density at radius 3 is 2.75 bits per heavy atom. The highest BCUT2D eigenvalue weighted by Crippen LogP contribution is 2.27. The standard InChI is InChI=1S/C15H13NO4/c1-16-8-11(7-12(16)15(18)19)14(17)10-2-3-13-9(6-10)4-5-20-13/h2-3,6-8H,4-5H2,1H3,(H,18,19). The van der Waals surface area contributed by atoms with Crippen LogP contribution in [-0.4, -0.2) is 28.0 Å². The second-order valence-corrected chi connectivity index (χ2v) is 4.78. The van der Waals surface area contributed by atoms with Gasteiger partial charge in [0.25, 0.3) is 0 Å². The molecule has 0 unspecified atom stereocenters. The lowest BCUT2D eigenvalue weighted by Crippen LogP contribution is -2.02. The molecule has 1 aromatic heterocycles. The maximum Gasteiger partial charge on any atom is 0.352 e. The van der Waals surface area contributed by atoms with Crippen molar-refractivity contribution >= 4 is 11.8 Å². The SMILES string of the molecule is Cn1cc(C(=O)c2ccc3c(c2)CCO3)cc1C(=O)O. The zero-order valence-corrected chi connectivity index (χ0v) is 10.9. The number of fused-ring (bicyclic) bond motifs is 1. The normalized spacial score (nSPS) is 12.8. The van der Waals surface area contributed by atoms with Crippen LogP contribution >= 0.6 is 0 Å². The van der Waals surface area contributed by atoms with Crippen LogP contribution in [0.15, 0.2) is 30.5 Å². The fraction of sp³-hybridized carbons (Fsp3) is 0.200. The van der Waals surface area contributed by atoms with Crippen molar-refractivity contribution < 1.29 is 19.4 Å². The van der Waals surface area contributed by atoms with E-state index < -0.39 is 5.97 Å². The molecule has 20 heavy (non-hydrogen) atoms. The fourth-order valence-corrected chi connectivity index (χ4v) is 2.40. The molecule has 1 aliphatic rings. The molecule has 0 fully saturated rings. The predicted molar refractivity (Wildman–Crippen MR) is 71.4 cm³/mol. The molecule has 1 N–H and O–H groups in total. The van der Waals surface area contributed by atoms with Crippen molar-refractivity contribution in [2.75, 3.05) is 6.61 Å². The number of benzene rings is 1. The summed E-state index contributed by atoms with van der Waals surface area (Å²) in [6, 6.07) is 6.71. The number of carbonyl (C=O) groups is 2. The Morgan fingerprint density at radius 2 is 2.05 bits per heavy atom. The summed E-state index contributed by atoms with van der Waals surface area (Å²) in [5.41, 5.74) is 2.05. The molecule has 1 aromatic carbocycles. The minimum Gasteiger partial charge on any atom is -0.493 e. The third-order valence-electron chi connectivity index (χ3n) is 3.44. The Bertz CT molecular complexity index is 715. The third-order valence-corrected chi connectivity index (χ3v) is 3.44. The average molecular weight is 271 g/mol. The average Bonchev–Trinajstić information content (AvgIpc) is 3.02. The molecule has 5 nitrogen and oxygen atoms in total. The maximum absolute atomic E-state index is 12.4. The molecule has 2 heterocycles. The smallest absolute Gasteiger partial charge is 0.352 e. The first-order chi connectivity index (χ1) is 9.56. The summed E-state index contributed by atoms with van der Waals surface area (Å²) in [4.78, 5) is 23.4. The second-order valence-electron chi connectivity index (χ2n) is 4.78. The number of rotatable bonds is 3. The topological polar surface area (TPSA) is 68.5 Å². The van der Waals surface area contributed by atoms with Gasteiger partial charge in [-0.05, 0) is 29.8 Å². The van der Waals surface area contributed by atoms with Crippen LogP contribution in [0, 0.1) is 0 Å². The number of carboxylic acid groups (broad SMARTS) is 1. The van der Waals surface area contributed by atoms with Crippen LogP contribution < -0.4 is 4.74 Å². The first kappa shape index (κ1) is 12.5. The molecule has 0 bridgehead atoms. The molecule has 3 rings (SSSR count). The molecule has 0 saturated heterocycles. The number of ether oxygens (including phenoxy) is 1. The Balaban J connectivity index is 1.96. The van der Waals surface area contributed by atoms with Crippen LogP contribution in [0.25, 0.3) is 0 Å². The number of carbonyl (C=O) groups excluding carboxylic acids is 1. The van der Waals surface area contributed by atoms with Gasteiger partial charge in [-0.3, -0.25) is 4.79 Å². The van der Waals surface area contributed by atoms with Crippen molar-refractivity contribution in [1.82, 2.24) is 4.57 Å². The number of aromatic nitrogens is 1. The number of hydrogen-bond donors (Lipinski definition) is 1. The highest BCUT2D eigenvalue weighted by Gasteiger charge is 2.19. The molecule has 5 heteroatoms. The van der Waals surface area contributed by atoms with E-state index in [0.29, 0.717) is 17.7 Å². The van der Waals surface area contributed by atoms with Crippen LogP contribution in [0.2, 0.25) is 0 Å². The Hall–Kier alpha value is -2.56. The predicted octanol–water partition coefficient (Wildman–Crippen LogP) is 1.89. The van der Waals surface area contributed by atoms with Gasteiger partial charge in [0.1, 0.15) is 11.4 Å². The summed E-state index contributed by atoms with van der Waals surface area (Å²) in [5, 5.41) is 9.01. The number of aryl methyl sites for hydroxylation is 1. The fourth-order valence-electron chi connectivity index (χ4n) is 2.40. The van der Waals surface area contributed by atoms with Gasteiger partial charge in [0, 0.05) is 30.8 Å². The van der Waals surface area contributed by atoms with Crippen molar-refractivity contribution in [1.29, 1.82) is 0 Å². The molecule has 0 radical (unpaired) electrons. The van der Waals surface area contributed by atoms with Gasteiger partial charge in [-0.2, -0.15) is 0 Å². The van der Waals surface area contributed by atoms with E-state index >= 15 is 0 Å². The molecule has 0 atom stereocenters. The van der Waals surface area contributed by atoms with Gasteiger partial charge in [-0.25, -0.2) is 4.79 Å². The van der Waals surface area contributed by atoms with Crippen LogP contribution in [0.4, 0.5) is 0 Å².